The second kappa shape index (κ2) is 4.30. The Morgan fingerprint density at radius 2 is 2.33 bits per heavy atom. The average Bonchev–Trinajstić information content (AvgIpc) is 2.86. The van der Waals surface area contributed by atoms with Gasteiger partial charge in [-0.1, -0.05) is 0 Å². The zero-order valence-corrected chi connectivity index (χ0v) is 9.67. The van der Waals surface area contributed by atoms with E-state index in [0.29, 0.717) is 17.9 Å². The van der Waals surface area contributed by atoms with E-state index in [1.165, 1.54) is 0 Å². The Hall–Kier alpha value is -0.280. The first-order valence-corrected chi connectivity index (χ1v) is 6.17. The minimum Gasteiger partial charge on any atom is -0.396 e. The van der Waals surface area contributed by atoms with Crippen molar-refractivity contribution in [3.05, 3.63) is 0 Å². The molecule has 1 heterocycles. The summed E-state index contributed by atoms with van der Waals surface area (Å²) in [4.78, 5) is 13.3. The second-order valence-corrected chi connectivity index (χ2v) is 5.26. The molecule has 0 aromatic heterocycles. The predicted molar refractivity (Wildman–Crippen MR) is 58.8 cm³/mol. The van der Waals surface area contributed by atoms with E-state index >= 15 is 0 Å². The van der Waals surface area contributed by atoms with Gasteiger partial charge >= 0.3 is 0 Å². The molecular weight excluding hydrogens is 214 g/mol. The van der Waals surface area contributed by atoms with Gasteiger partial charge in [-0.3, -0.25) is 4.79 Å². The lowest BCUT2D eigenvalue weighted by Gasteiger charge is -2.23. The van der Waals surface area contributed by atoms with Crippen LogP contribution in [0.2, 0.25) is 0 Å². The van der Waals surface area contributed by atoms with Crippen LogP contribution in [0.15, 0.2) is 0 Å². The molecule has 1 aliphatic heterocycles. The predicted octanol–water partition coefficient (Wildman–Crippen LogP) is 1.24. The molecule has 0 bridgehead atoms. The van der Waals surface area contributed by atoms with Crippen LogP contribution in [0.4, 0.5) is 0 Å². The fraction of sp³-hybridized carbons (Fsp3) is 0.909. The van der Waals surface area contributed by atoms with E-state index in [0.717, 1.165) is 38.8 Å². The van der Waals surface area contributed by atoms with E-state index in [-0.39, 0.29) is 11.8 Å². The third-order valence-electron chi connectivity index (χ3n) is 3.97. The monoisotopic (exact) mass is 231 g/mol. The Kier molecular flexibility index (Phi) is 3.21. The minimum absolute atomic E-state index is 0.0565. The van der Waals surface area contributed by atoms with Gasteiger partial charge in [0.2, 0.25) is 5.91 Å². The smallest absolute Gasteiger partial charge is 0.237 e. The molecule has 0 aromatic rings. The maximum absolute atomic E-state index is 11.4. The van der Waals surface area contributed by atoms with Gasteiger partial charge in [0.05, 0.1) is 0 Å². The fourth-order valence-corrected chi connectivity index (χ4v) is 3.25. The molecule has 1 saturated carbocycles. The normalized spacial score (nSPS) is 35.3. The number of rotatable bonds is 2. The number of hydrogen-bond acceptors (Lipinski definition) is 2. The molecule has 2 rings (SSSR count). The van der Waals surface area contributed by atoms with Crippen LogP contribution in [0.3, 0.4) is 0 Å². The Labute approximate surface area is 95.4 Å². The number of alkyl halides is 1. The topological polar surface area (TPSA) is 40.5 Å². The van der Waals surface area contributed by atoms with E-state index in [2.05, 4.69) is 0 Å². The second-order valence-electron chi connectivity index (χ2n) is 4.99. The molecule has 1 saturated heterocycles. The van der Waals surface area contributed by atoms with Crippen molar-refractivity contribution in [2.75, 3.05) is 25.6 Å². The highest BCUT2D eigenvalue weighted by atomic mass is 35.5. The number of carbonyl (C=O) groups excluding carboxylic acids is 1. The molecule has 86 valence electrons. The van der Waals surface area contributed by atoms with Crippen LogP contribution in [-0.4, -0.2) is 41.5 Å². The lowest BCUT2D eigenvalue weighted by atomic mass is 9.84. The quantitative estimate of drug-likeness (QED) is 0.727. The van der Waals surface area contributed by atoms with Crippen LogP contribution in [0.1, 0.15) is 25.7 Å². The van der Waals surface area contributed by atoms with Crippen molar-refractivity contribution < 1.29 is 9.90 Å². The van der Waals surface area contributed by atoms with E-state index in [1.807, 2.05) is 4.90 Å². The Morgan fingerprint density at radius 1 is 1.53 bits per heavy atom. The van der Waals surface area contributed by atoms with Crippen molar-refractivity contribution in [1.29, 1.82) is 0 Å². The number of halogens is 1. The third kappa shape index (κ3) is 2.13. The van der Waals surface area contributed by atoms with Crippen LogP contribution in [0.5, 0.6) is 0 Å². The first-order valence-electron chi connectivity index (χ1n) is 5.64. The van der Waals surface area contributed by atoms with Gasteiger partial charge < -0.3 is 10.0 Å². The molecule has 2 atom stereocenters. The van der Waals surface area contributed by atoms with Gasteiger partial charge in [-0.15, -0.1) is 11.6 Å². The molecule has 0 radical (unpaired) electrons. The summed E-state index contributed by atoms with van der Waals surface area (Å²) < 4.78 is 0. The molecular formula is C11H18ClNO2. The van der Waals surface area contributed by atoms with Crippen LogP contribution in [-0.2, 0) is 4.79 Å². The Balaban J connectivity index is 1.94. The molecule has 1 spiro atoms. The van der Waals surface area contributed by atoms with Gasteiger partial charge in [0.15, 0.2) is 0 Å². The van der Waals surface area contributed by atoms with Crippen molar-refractivity contribution in [3.8, 4) is 0 Å². The van der Waals surface area contributed by atoms with Crippen LogP contribution in [0, 0.1) is 11.3 Å². The average molecular weight is 232 g/mol. The van der Waals surface area contributed by atoms with Crippen LogP contribution >= 0.6 is 11.6 Å². The van der Waals surface area contributed by atoms with Gasteiger partial charge in [-0.2, -0.15) is 0 Å². The first kappa shape index (κ1) is 11.2. The zero-order valence-electron chi connectivity index (χ0n) is 8.91. The Morgan fingerprint density at radius 3 is 2.93 bits per heavy atom. The zero-order chi connectivity index (χ0) is 10.9. The number of aliphatic hydroxyl groups is 1. The first-order chi connectivity index (χ1) is 7.19. The number of aliphatic hydroxyl groups excluding tert-OH is 1. The van der Waals surface area contributed by atoms with Gasteiger partial charge in [0, 0.05) is 19.7 Å². The highest BCUT2D eigenvalue weighted by molar-refractivity contribution is 6.27. The summed E-state index contributed by atoms with van der Waals surface area (Å²) >= 11 is 5.55. The van der Waals surface area contributed by atoms with Gasteiger partial charge in [0.25, 0.3) is 0 Å². The maximum Gasteiger partial charge on any atom is 0.237 e. The summed E-state index contributed by atoms with van der Waals surface area (Å²) in [5.41, 5.74) is 0.301. The summed E-state index contributed by atoms with van der Waals surface area (Å²) in [5.74, 6) is 0.608. The largest absolute Gasteiger partial charge is 0.396 e. The highest BCUT2D eigenvalue weighted by Gasteiger charge is 2.44. The number of carbonyl (C=O) groups is 1. The molecule has 2 aliphatic rings. The summed E-state index contributed by atoms with van der Waals surface area (Å²) in [6, 6.07) is 0. The molecule has 2 fully saturated rings. The van der Waals surface area contributed by atoms with Crippen molar-refractivity contribution in [2.24, 2.45) is 11.3 Å². The molecule has 3 nitrogen and oxygen atoms in total. The lowest BCUT2D eigenvalue weighted by molar-refractivity contribution is -0.127. The van der Waals surface area contributed by atoms with Crippen molar-refractivity contribution in [3.63, 3.8) is 0 Å². The summed E-state index contributed by atoms with van der Waals surface area (Å²) in [5, 5.41) is 9.13. The summed E-state index contributed by atoms with van der Waals surface area (Å²) in [7, 11) is 0. The number of nitrogens with zero attached hydrogens (tertiary/aromatic N) is 1. The van der Waals surface area contributed by atoms with Gasteiger partial charge in [-0.05, 0) is 37.0 Å². The summed E-state index contributed by atoms with van der Waals surface area (Å²) in [6.45, 7) is 2.00. The lowest BCUT2D eigenvalue weighted by Crippen LogP contribution is -2.32. The molecule has 4 heteroatoms. The number of likely N-dealkylation sites (tertiary alicyclic amines) is 1. The van der Waals surface area contributed by atoms with Crippen molar-refractivity contribution >= 4 is 17.5 Å². The molecule has 0 aromatic carbocycles. The molecule has 1 amide bonds. The minimum atomic E-state index is 0.0565. The van der Waals surface area contributed by atoms with Crippen molar-refractivity contribution in [2.45, 2.75) is 25.7 Å². The van der Waals surface area contributed by atoms with E-state index in [9.17, 15) is 4.79 Å². The fourth-order valence-electron chi connectivity index (χ4n) is 3.09. The standard InChI is InChI=1S/C11H18ClNO2/c12-6-10(15)13-4-3-11(8-13)2-1-9(5-11)7-14/h9,14H,1-8H2/t9-,11-/m1/s1. The van der Waals surface area contributed by atoms with Gasteiger partial charge in [0.1, 0.15) is 5.88 Å². The molecule has 0 unspecified atom stereocenters. The summed E-state index contributed by atoms with van der Waals surface area (Å²) in [6.07, 6.45) is 4.44. The van der Waals surface area contributed by atoms with Crippen LogP contribution < -0.4 is 0 Å². The highest BCUT2D eigenvalue weighted by Crippen LogP contribution is 2.47. The van der Waals surface area contributed by atoms with E-state index in [4.69, 9.17) is 16.7 Å². The molecule has 1 N–H and O–H groups in total. The Bertz CT molecular complexity index is 259. The number of hydrogen-bond donors (Lipinski definition) is 1. The van der Waals surface area contributed by atoms with E-state index < -0.39 is 0 Å². The van der Waals surface area contributed by atoms with Gasteiger partial charge in [-0.25, -0.2) is 0 Å². The van der Waals surface area contributed by atoms with Crippen LogP contribution in [0.25, 0.3) is 0 Å². The maximum atomic E-state index is 11.4. The number of amides is 1. The third-order valence-corrected chi connectivity index (χ3v) is 4.20. The van der Waals surface area contributed by atoms with Crippen molar-refractivity contribution in [1.82, 2.24) is 4.90 Å². The SMILES string of the molecule is O=C(CCl)N1CC[C@@]2(CC[C@@H](CO)C2)C1. The molecule has 15 heavy (non-hydrogen) atoms. The van der Waals surface area contributed by atoms with E-state index in [1.54, 1.807) is 0 Å². The molecule has 1 aliphatic carbocycles.